The molecular weight excluding hydrogens is 315 g/mol. The van der Waals surface area contributed by atoms with Crippen LogP contribution in [0, 0.1) is 5.82 Å². The summed E-state index contributed by atoms with van der Waals surface area (Å²) in [5, 5.41) is 9.80. The van der Waals surface area contributed by atoms with Gasteiger partial charge in [0, 0.05) is 17.1 Å². The van der Waals surface area contributed by atoms with Crippen LogP contribution in [0.25, 0.3) is 10.9 Å². The number of nitrogens with two attached hydrogens (primary N) is 1. The fourth-order valence-corrected chi connectivity index (χ4v) is 3.27. The minimum atomic E-state index is -1.14. The second-order valence-electron chi connectivity index (χ2n) is 4.86. The summed E-state index contributed by atoms with van der Waals surface area (Å²) in [6.45, 7) is 0. The number of aromatic carboxylic acids is 1. The van der Waals surface area contributed by atoms with Gasteiger partial charge in [-0.25, -0.2) is 9.18 Å². The van der Waals surface area contributed by atoms with Crippen molar-refractivity contribution in [3.8, 4) is 0 Å². The lowest BCUT2D eigenvalue weighted by Crippen LogP contribution is -2.27. The van der Waals surface area contributed by atoms with Gasteiger partial charge < -0.3 is 15.8 Å². The molecule has 1 heterocycles. The van der Waals surface area contributed by atoms with E-state index in [0.29, 0.717) is 21.8 Å². The number of aryl methyl sites for hydroxylation is 1. The molecule has 4 N–H and O–H groups in total. The van der Waals surface area contributed by atoms with Crippen LogP contribution in [0.5, 0.6) is 0 Å². The summed E-state index contributed by atoms with van der Waals surface area (Å²) in [5.74, 6) is -1.70. The number of H-pyrrole nitrogens is 1. The highest BCUT2D eigenvalue weighted by molar-refractivity contribution is 9.10. The number of hydrogen-bond acceptors (Lipinski definition) is 2. The maximum absolute atomic E-state index is 13.9. The molecule has 1 aliphatic carbocycles. The van der Waals surface area contributed by atoms with Crippen molar-refractivity contribution in [3.63, 3.8) is 0 Å². The van der Waals surface area contributed by atoms with E-state index >= 15 is 0 Å². The predicted octanol–water partition coefficient (Wildman–Crippen LogP) is 2.58. The Morgan fingerprint density at radius 3 is 3.00 bits per heavy atom. The van der Waals surface area contributed by atoms with E-state index in [4.69, 9.17) is 5.73 Å². The predicted molar refractivity (Wildman–Crippen MR) is 72.9 cm³/mol. The standard InChI is InChI=1S/C13H12BrFN2O2/c14-11-8(15)4-7(13(18)19)12-10(11)6-3-5(16)1-2-9(6)17-12/h4-5,17H,1-3,16H2,(H,18,19). The molecule has 0 amide bonds. The van der Waals surface area contributed by atoms with Crippen LogP contribution < -0.4 is 5.73 Å². The van der Waals surface area contributed by atoms with Gasteiger partial charge in [0.25, 0.3) is 0 Å². The van der Waals surface area contributed by atoms with Crippen molar-refractivity contribution in [1.82, 2.24) is 4.98 Å². The van der Waals surface area contributed by atoms with Crippen molar-refractivity contribution in [2.75, 3.05) is 0 Å². The SMILES string of the molecule is NC1CCc2[nH]c3c(C(=O)O)cc(F)c(Br)c3c2C1. The maximum atomic E-state index is 13.9. The molecule has 0 aliphatic heterocycles. The lowest BCUT2D eigenvalue weighted by Gasteiger charge is -2.18. The Morgan fingerprint density at radius 2 is 2.32 bits per heavy atom. The van der Waals surface area contributed by atoms with Crippen molar-refractivity contribution >= 4 is 32.8 Å². The van der Waals surface area contributed by atoms with E-state index in [1.54, 1.807) is 0 Å². The van der Waals surface area contributed by atoms with Crippen molar-refractivity contribution in [1.29, 1.82) is 0 Å². The number of benzene rings is 1. The maximum Gasteiger partial charge on any atom is 0.337 e. The lowest BCUT2D eigenvalue weighted by atomic mass is 9.92. The Bertz CT molecular complexity index is 696. The van der Waals surface area contributed by atoms with E-state index in [0.717, 1.165) is 30.2 Å². The quantitative estimate of drug-likeness (QED) is 0.753. The number of halogens is 2. The number of aromatic amines is 1. The monoisotopic (exact) mass is 326 g/mol. The lowest BCUT2D eigenvalue weighted by molar-refractivity contribution is 0.0698. The second kappa shape index (κ2) is 4.31. The number of fused-ring (bicyclic) bond motifs is 3. The van der Waals surface area contributed by atoms with Gasteiger partial charge in [0.05, 0.1) is 15.6 Å². The van der Waals surface area contributed by atoms with Gasteiger partial charge in [-0.05, 0) is 46.8 Å². The van der Waals surface area contributed by atoms with Gasteiger partial charge in [-0.1, -0.05) is 0 Å². The molecule has 1 aliphatic rings. The zero-order chi connectivity index (χ0) is 13.7. The highest BCUT2D eigenvalue weighted by Crippen LogP contribution is 2.37. The first-order valence-electron chi connectivity index (χ1n) is 5.99. The van der Waals surface area contributed by atoms with E-state index in [9.17, 15) is 14.3 Å². The number of hydrogen-bond donors (Lipinski definition) is 3. The first kappa shape index (κ1) is 12.6. The summed E-state index contributed by atoms with van der Waals surface area (Å²) in [6, 6.07) is 1.08. The van der Waals surface area contributed by atoms with Gasteiger partial charge in [-0.15, -0.1) is 0 Å². The first-order chi connectivity index (χ1) is 8.99. The zero-order valence-electron chi connectivity index (χ0n) is 9.96. The normalized spacial score (nSPS) is 18.6. The van der Waals surface area contributed by atoms with Crippen LogP contribution in [-0.2, 0) is 12.8 Å². The van der Waals surface area contributed by atoms with Crippen LogP contribution in [0.2, 0.25) is 0 Å². The minimum absolute atomic E-state index is 0.0370. The van der Waals surface area contributed by atoms with Crippen LogP contribution in [-0.4, -0.2) is 22.1 Å². The van der Waals surface area contributed by atoms with Crippen LogP contribution in [0.4, 0.5) is 4.39 Å². The third-order valence-corrected chi connectivity index (χ3v) is 4.40. The number of aromatic nitrogens is 1. The molecule has 1 atom stereocenters. The minimum Gasteiger partial charge on any atom is -0.478 e. The molecule has 100 valence electrons. The summed E-state index contributed by atoms with van der Waals surface area (Å²) < 4.78 is 14.2. The van der Waals surface area contributed by atoms with Gasteiger partial charge >= 0.3 is 5.97 Å². The van der Waals surface area contributed by atoms with Gasteiger partial charge in [-0.3, -0.25) is 0 Å². The van der Waals surface area contributed by atoms with Crippen molar-refractivity contribution in [2.45, 2.75) is 25.3 Å². The molecule has 0 fully saturated rings. The average molecular weight is 327 g/mol. The third kappa shape index (κ3) is 1.86. The van der Waals surface area contributed by atoms with Gasteiger partial charge in [0.2, 0.25) is 0 Å². The Morgan fingerprint density at radius 1 is 1.58 bits per heavy atom. The fraction of sp³-hybridized carbons (Fsp3) is 0.308. The van der Waals surface area contributed by atoms with E-state index in [1.807, 2.05) is 0 Å². The van der Waals surface area contributed by atoms with Crippen LogP contribution in [0.1, 0.15) is 28.0 Å². The summed E-state index contributed by atoms with van der Waals surface area (Å²) in [6.07, 6.45) is 2.25. The third-order valence-electron chi connectivity index (χ3n) is 3.62. The zero-order valence-corrected chi connectivity index (χ0v) is 11.6. The molecule has 1 aromatic carbocycles. The average Bonchev–Trinajstić information content (AvgIpc) is 2.72. The summed E-state index contributed by atoms with van der Waals surface area (Å²) in [5.41, 5.74) is 8.27. The Labute approximate surface area is 116 Å². The Hall–Kier alpha value is -1.40. The highest BCUT2D eigenvalue weighted by Gasteiger charge is 2.25. The molecule has 19 heavy (non-hydrogen) atoms. The number of carboxylic acids is 1. The molecule has 0 saturated heterocycles. The first-order valence-corrected chi connectivity index (χ1v) is 6.78. The highest BCUT2D eigenvalue weighted by atomic mass is 79.9. The Balaban J connectivity index is 2.39. The van der Waals surface area contributed by atoms with Crippen molar-refractivity contribution in [3.05, 3.63) is 33.2 Å². The number of carbonyl (C=O) groups is 1. The number of carboxylic acid groups (broad SMARTS) is 1. The Kier molecular flexibility index (Phi) is 2.87. The molecule has 2 aromatic rings. The van der Waals surface area contributed by atoms with Gasteiger partial charge in [0.1, 0.15) is 5.82 Å². The smallest absolute Gasteiger partial charge is 0.337 e. The molecule has 0 radical (unpaired) electrons. The molecule has 3 rings (SSSR count). The molecule has 1 unspecified atom stereocenters. The number of nitrogens with one attached hydrogen (secondary N) is 1. The summed E-state index contributed by atoms with van der Waals surface area (Å²) in [4.78, 5) is 14.4. The van der Waals surface area contributed by atoms with E-state index in [1.165, 1.54) is 0 Å². The van der Waals surface area contributed by atoms with Crippen LogP contribution in [0.3, 0.4) is 0 Å². The van der Waals surface area contributed by atoms with Crippen LogP contribution >= 0.6 is 15.9 Å². The van der Waals surface area contributed by atoms with E-state index in [-0.39, 0.29) is 11.6 Å². The number of rotatable bonds is 1. The molecule has 6 heteroatoms. The van der Waals surface area contributed by atoms with Crippen molar-refractivity contribution in [2.24, 2.45) is 5.73 Å². The van der Waals surface area contributed by atoms with Gasteiger partial charge in [-0.2, -0.15) is 0 Å². The van der Waals surface area contributed by atoms with Gasteiger partial charge in [0.15, 0.2) is 0 Å². The van der Waals surface area contributed by atoms with E-state index < -0.39 is 11.8 Å². The second-order valence-corrected chi connectivity index (χ2v) is 5.65. The topological polar surface area (TPSA) is 79.1 Å². The van der Waals surface area contributed by atoms with Crippen LogP contribution in [0.15, 0.2) is 10.5 Å². The molecule has 0 spiro atoms. The van der Waals surface area contributed by atoms with E-state index in [2.05, 4.69) is 20.9 Å². The molecule has 0 saturated carbocycles. The molecule has 0 bridgehead atoms. The molecular formula is C13H12BrFN2O2. The molecule has 4 nitrogen and oxygen atoms in total. The fourth-order valence-electron chi connectivity index (χ4n) is 2.72. The summed E-state index contributed by atoms with van der Waals surface area (Å²) >= 11 is 3.21. The van der Waals surface area contributed by atoms with Crippen molar-refractivity contribution < 1.29 is 14.3 Å². The largest absolute Gasteiger partial charge is 0.478 e. The summed E-state index contributed by atoms with van der Waals surface area (Å²) in [7, 11) is 0. The molecule has 1 aromatic heterocycles.